The Morgan fingerprint density at radius 2 is 2.10 bits per heavy atom. The minimum atomic E-state index is -0.993. The number of aromatic carboxylic acids is 1. The second-order valence-electron chi connectivity index (χ2n) is 4.42. The summed E-state index contributed by atoms with van der Waals surface area (Å²) in [6.07, 6.45) is 0. The zero-order chi connectivity index (χ0) is 15.6. The van der Waals surface area contributed by atoms with Crippen LogP contribution in [0.2, 0.25) is 0 Å². The third-order valence-corrected chi connectivity index (χ3v) is 4.78. The van der Waals surface area contributed by atoms with E-state index in [0.29, 0.717) is 16.2 Å². The molecule has 2 rings (SSSR count). The summed E-state index contributed by atoms with van der Waals surface area (Å²) < 4.78 is 0.740. The molecule has 106 valence electrons. The summed E-state index contributed by atoms with van der Waals surface area (Å²) in [7, 11) is 0. The molecule has 1 N–H and O–H groups in total. The first-order valence-corrected chi connectivity index (χ1v) is 7.62. The molecular formula is C15H11BrN2O2S. The average molecular weight is 363 g/mol. The summed E-state index contributed by atoms with van der Waals surface area (Å²) in [5.74, 6) is -0.993. The van der Waals surface area contributed by atoms with Crippen LogP contribution in [0.15, 0.2) is 38.7 Å². The van der Waals surface area contributed by atoms with Crippen LogP contribution in [0.3, 0.4) is 0 Å². The fraction of sp³-hybridized carbons (Fsp3) is 0.133. The standard InChI is InChI=1S/C15H11BrN2O2S/c1-8-5-9(2)18-14(13(8)15(19)20)21-12-4-3-10(7-17)6-11(12)16/h3-6H,1-2H3,(H,19,20). The maximum Gasteiger partial charge on any atom is 0.338 e. The van der Waals surface area contributed by atoms with Gasteiger partial charge in [0.1, 0.15) is 5.03 Å². The highest BCUT2D eigenvalue weighted by atomic mass is 79.9. The van der Waals surface area contributed by atoms with Crippen molar-refractivity contribution < 1.29 is 9.90 Å². The van der Waals surface area contributed by atoms with Gasteiger partial charge in [0.05, 0.1) is 17.2 Å². The van der Waals surface area contributed by atoms with Crippen molar-refractivity contribution in [3.05, 3.63) is 51.1 Å². The largest absolute Gasteiger partial charge is 0.478 e. The van der Waals surface area contributed by atoms with Crippen molar-refractivity contribution in [1.29, 1.82) is 5.26 Å². The molecule has 21 heavy (non-hydrogen) atoms. The van der Waals surface area contributed by atoms with Crippen molar-refractivity contribution in [3.63, 3.8) is 0 Å². The van der Waals surface area contributed by atoms with E-state index in [2.05, 4.69) is 27.0 Å². The SMILES string of the molecule is Cc1cc(C)c(C(=O)O)c(Sc2ccc(C#N)cc2Br)n1. The molecule has 0 fully saturated rings. The van der Waals surface area contributed by atoms with Crippen LogP contribution < -0.4 is 0 Å². The van der Waals surface area contributed by atoms with Crippen LogP contribution in [0.25, 0.3) is 0 Å². The van der Waals surface area contributed by atoms with Gasteiger partial charge in [0.2, 0.25) is 0 Å². The lowest BCUT2D eigenvalue weighted by Gasteiger charge is -2.10. The molecule has 0 unspecified atom stereocenters. The van der Waals surface area contributed by atoms with Crippen molar-refractivity contribution in [1.82, 2.24) is 4.98 Å². The van der Waals surface area contributed by atoms with Crippen molar-refractivity contribution in [2.75, 3.05) is 0 Å². The van der Waals surface area contributed by atoms with E-state index in [4.69, 9.17) is 5.26 Å². The molecule has 6 heteroatoms. The highest BCUT2D eigenvalue weighted by Crippen LogP contribution is 2.35. The Bertz CT molecular complexity index is 769. The average Bonchev–Trinajstić information content (AvgIpc) is 2.39. The van der Waals surface area contributed by atoms with E-state index in [-0.39, 0.29) is 5.56 Å². The van der Waals surface area contributed by atoms with E-state index in [1.54, 1.807) is 31.2 Å². The molecule has 0 saturated carbocycles. The van der Waals surface area contributed by atoms with Gasteiger partial charge in [-0.2, -0.15) is 5.26 Å². The molecule has 2 aromatic rings. The number of pyridine rings is 1. The highest BCUT2D eigenvalue weighted by Gasteiger charge is 2.17. The molecule has 0 amide bonds. The molecule has 1 aromatic heterocycles. The van der Waals surface area contributed by atoms with E-state index < -0.39 is 5.97 Å². The normalized spacial score (nSPS) is 10.2. The number of aryl methyl sites for hydroxylation is 2. The van der Waals surface area contributed by atoms with Crippen LogP contribution >= 0.6 is 27.7 Å². The maximum atomic E-state index is 11.4. The van der Waals surface area contributed by atoms with E-state index in [1.165, 1.54) is 11.8 Å². The number of rotatable bonds is 3. The van der Waals surface area contributed by atoms with Gasteiger partial charge < -0.3 is 5.11 Å². The summed E-state index contributed by atoms with van der Waals surface area (Å²) in [6, 6.07) is 8.98. The van der Waals surface area contributed by atoms with Crippen LogP contribution in [0, 0.1) is 25.2 Å². The Morgan fingerprint density at radius 3 is 2.67 bits per heavy atom. The summed E-state index contributed by atoms with van der Waals surface area (Å²) in [5.41, 5.74) is 2.20. The number of nitriles is 1. The number of benzene rings is 1. The van der Waals surface area contributed by atoms with Gasteiger partial charge in [-0.3, -0.25) is 0 Å². The Labute approximate surface area is 135 Å². The number of hydrogen-bond acceptors (Lipinski definition) is 4. The van der Waals surface area contributed by atoms with Crippen molar-refractivity contribution in [2.24, 2.45) is 0 Å². The van der Waals surface area contributed by atoms with Gasteiger partial charge in [0.15, 0.2) is 0 Å². The predicted octanol–water partition coefficient (Wildman–Crippen LogP) is 4.18. The summed E-state index contributed by atoms with van der Waals surface area (Å²) in [6.45, 7) is 3.59. The molecular weight excluding hydrogens is 352 g/mol. The number of carbonyl (C=O) groups is 1. The fourth-order valence-electron chi connectivity index (χ4n) is 1.89. The fourth-order valence-corrected chi connectivity index (χ4v) is 3.56. The number of carboxylic acids is 1. The topological polar surface area (TPSA) is 74.0 Å². The molecule has 4 nitrogen and oxygen atoms in total. The van der Waals surface area contributed by atoms with Gasteiger partial charge in [-0.05, 0) is 59.6 Å². The predicted molar refractivity (Wildman–Crippen MR) is 83.7 cm³/mol. The van der Waals surface area contributed by atoms with Crippen molar-refractivity contribution in [2.45, 2.75) is 23.8 Å². The molecule has 0 spiro atoms. The van der Waals surface area contributed by atoms with Crippen LogP contribution in [-0.4, -0.2) is 16.1 Å². The van der Waals surface area contributed by atoms with Crippen LogP contribution in [0.5, 0.6) is 0 Å². The maximum absolute atomic E-state index is 11.4. The Balaban J connectivity index is 2.49. The zero-order valence-electron chi connectivity index (χ0n) is 11.3. The number of aromatic nitrogens is 1. The highest BCUT2D eigenvalue weighted by molar-refractivity contribution is 9.10. The lowest BCUT2D eigenvalue weighted by molar-refractivity contribution is 0.0691. The van der Waals surface area contributed by atoms with E-state index in [1.807, 2.05) is 6.92 Å². The molecule has 0 aliphatic carbocycles. The van der Waals surface area contributed by atoms with Gasteiger partial charge in [-0.25, -0.2) is 9.78 Å². The van der Waals surface area contributed by atoms with Crippen molar-refractivity contribution >= 4 is 33.7 Å². The molecule has 0 aliphatic rings. The smallest absolute Gasteiger partial charge is 0.338 e. The van der Waals surface area contributed by atoms with E-state index in [9.17, 15) is 9.90 Å². The Morgan fingerprint density at radius 1 is 1.38 bits per heavy atom. The Hall–Kier alpha value is -1.84. The van der Waals surface area contributed by atoms with Gasteiger partial charge >= 0.3 is 5.97 Å². The first-order chi connectivity index (χ1) is 9.92. The Kier molecular flexibility index (Phi) is 4.66. The molecule has 1 heterocycles. The number of carboxylic acid groups (broad SMARTS) is 1. The van der Waals surface area contributed by atoms with Crippen molar-refractivity contribution in [3.8, 4) is 6.07 Å². The second-order valence-corrected chi connectivity index (χ2v) is 6.31. The molecule has 0 atom stereocenters. The van der Waals surface area contributed by atoms with E-state index >= 15 is 0 Å². The summed E-state index contributed by atoms with van der Waals surface area (Å²) >= 11 is 4.67. The molecule has 1 aromatic carbocycles. The lowest BCUT2D eigenvalue weighted by atomic mass is 10.1. The molecule has 0 bridgehead atoms. The first-order valence-electron chi connectivity index (χ1n) is 6.01. The van der Waals surface area contributed by atoms with Crippen LogP contribution in [0.1, 0.15) is 27.2 Å². The minimum absolute atomic E-state index is 0.210. The quantitative estimate of drug-likeness (QED) is 0.886. The molecule has 0 saturated heterocycles. The van der Waals surface area contributed by atoms with Gasteiger partial charge in [0.25, 0.3) is 0 Å². The molecule has 0 aliphatic heterocycles. The minimum Gasteiger partial charge on any atom is -0.478 e. The molecule has 0 radical (unpaired) electrons. The summed E-state index contributed by atoms with van der Waals surface area (Å²) in [5, 5.41) is 18.7. The number of halogens is 1. The second kappa shape index (κ2) is 6.29. The van der Waals surface area contributed by atoms with Crippen LogP contribution in [-0.2, 0) is 0 Å². The first kappa shape index (κ1) is 15.5. The van der Waals surface area contributed by atoms with E-state index in [0.717, 1.165) is 15.1 Å². The summed E-state index contributed by atoms with van der Waals surface area (Å²) in [4.78, 5) is 16.6. The zero-order valence-corrected chi connectivity index (χ0v) is 13.7. The van der Waals surface area contributed by atoms with Gasteiger partial charge in [-0.15, -0.1) is 0 Å². The van der Waals surface area contributed by atoms with Crippen LogP contribution in [0.4, 0.5) is 0 Å². The lowest BCUT2D eigenvalue weighted by Crippen LogP contribution is -2.05. The number of hydrogen-bond donors (Lipinski definition) is 1. The monoisotopic (exact) mass is 362 g/mol. The van der Waals surface area contributed by atoms with Gasteiger partial charge in [0, 0.05) is 15.1 Å². The third-order valence-electron chi connectivity index (χ3n) is 2.79. The van der Waals surface area contributed by atoms with Gasteiger partial charge in [-0.1, -0.05) is 11.8 Å². The number of nitrogens with zero attached hydrogens (tertiary/aromatic N) is 2. The third kappa shape index (κ3) is 3.43.